The zero-order valence-corrected chi connectivity index (χ0v) is 14.5. The highest BCUT2D eigenvalue weighted by Crippen LogP contribution is 2.39. The Kier molecular flexibility index (Phi) is 5.61. The van der Waals surface area contributed by atoms with Crippen LogP contribution in [0.2, 0.25) is 0 Å². The summed E-state index contributed by atoms with van der Waals surface area (Å²) in [5, 5.41) is 0. The smallest absolute Gasteiger partial charge is 0.0318 e. The largest absolute Gasteiger partial charge is 0.768 e. The summed E-state index contributed by atoms with van der Waals surface area (Å²) < 4.78 is 23.7. The normalized spacial score (nSPS) is 18.4. The SMILES string of the molecule is CC(C)c1cc(C(C)C)c(S(=O)[O-])c(C2CCCCC2)c1. The van der Waals surface area contributed by atoms with E-state index in [1.807, 2.05) is 0 Å². The van der Waals surface area contributed by atoms with Crippen LogP contribution < -0.4 is 0 Å². The molecule has 3 heteroatoms. The maximum Gasteiger partial charge on any atom is 0.0318 e. The predicted octanol–water partition coefficient (Wildman–Crippen LogP) is 5.22. The fourth-order valence-electron chi connectivity index (χ4n) is 3.37. The maximum absolute atomic E-state index is 11.9. The molecule has 1 unspecified atom stereocenters. The van der Waals surface area contributed by atoms with Gasteiger partial charge in [-0.25, -0.2) is 0 Å². The second-order valence-electron chi connectivity index (χ2n) is 6.91. The number of hydrogen-bond donors (Lipinski definition) is 0. The molecule has 2 rings (SSSR count). The molecular weight excluding hydrogens is 280 g/mol. The van der Waals surface area contributed by atoms with Gasteiger partial charge in [0.05, 0.1) is 0 Å². The molecule has 0 aromatic heterocycles. The lowest BCUT2D eigenvalue weighted by Crippen LogP contribution is -2.12. The van der Waals surface area contributed by atoms with Gasteiger partial charge in [-0.1, -0.05) is 59.1 Å². The molecule has 0 spiro atoms. The second-order valence-corrected chi connectivity index (χ2v) is 7.79. The minimum Gasteiger partial charge on any atom is -0.768 e. The van der Waals surface area contributed by atoms with Crippen LogP contribution in [-0.2, 0) is 11.1 Å². The number of hydrogen-bond acceptors (Lipinski definition) is 2. The first-order valence-electron chi connectivity index (χ1n) is 8.18. The second kappa shape index (κ2) is 7.06. The van der Waals surface area contributed by atoms with Crippen LogP contribution >= 0.6 is 0 Å². The van der Waals surface area contributed by atoms with Crippen molar-refractivity contribution >= 4 is 11.1 Å². The summed E-state index contributed by atoms with van der Waals surface area (Å²) in [6.07, 6.45) is 5.98. The third-order valence-electron chi connectivity index (χ3n) is 4.67. The first-order valence-corrected chi connectivity index (χ1v) is 9.26. The highest BCUT2D eigenvalue weighted by Gasteiger charge is 2.23. The van der Waals surface area contributed by atoms with Crippen molar-refractivity contribution in [2.24, 2.45) is 0 Å². The Morgan fingerprint density at radius 3 is 2.14 bits per heavy atom. The van der Waals surface area contributed by atoms with E-state index in [1.54, 1.807) is 0 Å². The van der Waals surface area contributed by atoms with Crippen LogP contribution in [0.15, 0.2) is 17.0 Å². The van der Waals surface area contributed by atoms with Crippen molar-refractivity contribution in [1.29, 1.82) is 0 Å². The Hall–Kier alpha value is -0.670. The first kappa shape index (κ1) is 16.7. The van der Waals surface area contributed by atoms with E-state index in [4.69, 9.17) is 0 Å². The molecule has 0 heterocycles. The molecule has 1 aliphatic rings. The van der Waals surface area contributed by atoms with Crippen molar-refractivity contribution < 1.29 is 8.76 Å². The van der Waals surface area contributed by atoms with Crippen molar-refractivity contribution in [2.45, 2.75) is 82.4 Å². The van der Waals surface area contributed by atoms with Gasteiger partial charge in [0.15, 0.2) is 0 Å². The Bertz CT molecular complexity index is 514. The first-order chi connectivity index (χ1) is 9.91. The summed E-state index contributed by atoms with van der Waals surface area (Å²) in [6, 6.07) is 4.27. The number of benzene rings is 1. The molecular formula is C18H27O2S-. The van der Waals surface area contributed by atoms with Gasteiger partial charge in [0.1, 0.15) is 0 Å². The summed E-state index contributed by atoms with van der Waals surface area (Å²) in [5.74, 6) is 1.08. The predicted molar refractivity (Wildman–Crippen MR) is 87.6 cm³/mol. The third-order valence-corrected chi connectivity index (χ3v) is 5.47. The summed E-state index contributed by atoms with van der Waals surface area (Å²) in [6.45, 7) is 8.52. The van der Waals surface area contributed by atoms with E-state index >= 15 is 0 Å². The Balaban J connectivity index is 2.60. The highest BCUT2D eigenvalue weighted by molar-refractivity contribution is 7.79. The van der Waals surface area contributed by atoms with Crippen LogP contribution in [0, 0.1) is 0 Å². The quantitative estimate of drug-likeness (QED) is 0.715. The standard InChI is InChI=1S/C18H28O2S/c1-12(2)15-10-16(13(3)4)18(21(19)20)17(11-15)14-8-6-5-7-9-14/h10-14H,5-9H2,1-4H3,(H,19,20)/p-1. The summed E-state index contributed by atoms with van der Waals surface area (Å²) in [4.78, 5) is 0.585. The van der Waals surface area contributed by atoms with Crippen molar-refractivity contribution in [1.82, 2.24) is 0 Å². The van der Waals surface area contributed by atoms with Gasteiger partial charge in [0.2, 0.25) is 0 Å². The molecule has 0 saturated heterocycles. The van der Waals surface area contributed by atoms with Crippen LogP contribution in [0.25, 0.3) is 0 Å². The molecule has 2 nitrogen and oxygen atoms in total. The van der Waals surface area contributed by atoms with E-state index in [1.165, 1.54) is 24.8 Å². The van der Waals surface area contributed by atoms with Crippen LogP contribution in [0.3, 0.4) is 0 Å². The van der Waals surface area contributed by atoms with E-state index in [9.17, 15) is 8.76 Å². The Morgan fingerprint density at radius 2 is 1.67 bits per heavy atom. The lowest BCUT2D eigenvalue weighted by molar-refractivity contribution is 0.436. The maximum atomic E-state index is 11.9. The molecule has 0 bridgehead atoms. The lowest BCUT2D eigenvalue weighted by Gasteiger charge is -2.29. The van der Waals surface area contributed by atoms with Gasteiger partial charge in [-0.15, -0.1) is 0 Å². The van der Waals surface area contributed by atoms with Gasteiger partial charge in [0.25, 0.3) is 0 Å². The van der Waals surface area contributed by atoms with E-state index in [0.29, 0.717) is 16.7 Å². The van der Waals surface area contributed by atoms with Gasteiger partial charge in [-0.2, -0.15) is 0 Å². The zero-order chi connectivity index (χ0) is 15.6. The van der Waals surface area contributed by atoms with E-state index in [-0.39, 0.29) is 5.92 Å². The van der Waals surface area contributed by atoms with Gasteiger partial charge in [-0.3, -0.25) is 4.21 Å². The zero-order valence-electron chi connectivity index (χ0n) is 13.6. The molecule has 1 atom stereocenters. The summed E-state index contributed by atoms with van der Waals surface area (Å²) in [5.41, 5.74) is 3.35. The molecule has 21 heavy (non-hydrogen) atoms. The molecule has 1 aromatic rings. The van der Waals surface area contributed by atoms with E-state index < -0.39 is 11.1 Å². The average molecular weight is 307 g/mol. The molecule has 0 aliphatic heterocycles. The van der Waals surface area contributed by atoms with E-state index in [2.05, 4.69) is 39.8 Å². The van der Waals surface area contributed by atoms with Gasteiger partial charge < -0.3 is 4.55 Å². The highest BCUT2D eigenvalue weighted by atomic mass is 32.2. The Labute approximate surface area is 131 Å². The monoisotopic (exact) mass is 307 g/mol. The van der Waals surface area contributed by atoms with Crippen molar-refractivity contribution in [3.8, 4) is 0 Å². The van der Waals surface area contributed by atoms with Crippen LogP contribution in [0.4, 0.5) is 0 Å². The van der Waals surface area contributed by atoms with Crippen molar-refractivity contribution in [2.75, 3.05) is 0 Å². The minimum absolute atomic E-state index is 0.235. The van der Waals surface area contributed by atoms with Crippen molar-refractivity contribution in [3.63, 3.8) is 0 Å². The molecule has 1 aliphatic carbocycles. The fourth-order valence-corrected chi connectivity index (χ4v) is 4.28. The van der Waals surface area contributed by atoms with Crippen LogP contribution in [-0.4, -0.2) is 8.76 Å². The molecule has 0 amide bonds. The summed E-state index contributed by atoms with van der Waals surface area (Å²) in [7, 11) is 0. The van der Waals surface area contributed by atoms with E-state index in [0.717, 1.165) is 24.0 Å². The number of rotatable bonds is 4. The summed E-state index contributed by atoms with van der Waals surface area (Å²) >= 11 is -2.15. The molecule has 118 valence electrons. The van der Waals surface area contributed by atoms with Gasteiger partial charge in [-0.05, 0) is 58.4 Å². The van der Waals surface area contributed by atoms with Crippen molar-refractivity contribution in [3.05, 3.63) is 28.8 Å². The third kappa shape index (κ3) is 3.75. The average Bonchev–Trinajstić information content (AvgIpc) is 2.46. The molecule has 1 saturated carbocycles. The molecule has 0 radical (unpaired) electrons. The Morgan fingerprint density at radius 1 is 1.05 bits per heavy atom. The molecule has 1 aromatic carbocycles. The topological polar surface area (TPSA) is 40.1 Å². The van der Waals surface area contributed by atoms with Crippen LogP contribution in [0.1, 0.15) is 94.2 Å². The van der Waals surface area contributed by atoms with Gasteiger partial charge in [0, 0.05) is 4.90 Å². The lowest BCUT2D eigenvalue weighted by atomic mass is 9.81. The minimum atomic E-state index is -2.15. The van der Waals surface area contributed by atoms with Crippen LogP contribution in [0.5, 0.6) is 0 Å². The van der Waals surface area contributed by atoms with Gasteiger partial charge >= 0.3 is 0 Å². The molecule has 0 N–H and O–H groups in total. The molecule has 1 fully saturated rings. The fraction of sp³-hybridized carbons (Fsp3) is 0.667.